The molecule has 3 rings (SSSR count). The lowest BCUT2D eigenvalue weighted by molar-refractivity contribution is -0.129. The minimum Gasteiger partial charge on any atom is -0.370 e. The quantitative estimate of drug-likeness (QED) is 0.848. The molecular formula is C18H25N5O. The molecule has 2 aromatic rings. The van der Waals surface area contributed by atoms with Gasteiger partial charge in [-0.3, -0.25) is 4.79 Å². The molecule has 0 bridgehead atoms. The van der Waals surface area contributed by atoms with E-state index in [1.54, 1.807) is 19.0 Å². The topological polar surface area (TPSA) is 62.2 Å². The van der Waals surface area contributed by atoms with Crippen molar-refractivity contribution in [1.29, 1.82) is 0 Å². The number of nitrogens with zero attached hydrogens (tertiary/aromatic N) is 3. The Hall–Kier alpha value is -2.34. The summed E-state index contributed by atoms with van der Waals surface area (Å²) >= 11 is 0. The van der Waals surface area contributed by atoms with Gasteiger partial charge in [-0.15, -0.1) is 0 Å². The molecule has 2 N–H and O–H groups in total. The van der Waals surface area contributed by atoms with Crippen LogP contribution in [0.4, 0.5) is 5.82 Å². The highest BCUT2D eigenvalue weighted by Crippen LogP contribution is 2.20. The van der Waals surface area contributed by atoms with E-state index in [0.717, 1.165) is 31.0 Å². The molecule has 1 aromatic heterocycles. The molecule has 0 aliphatic carbocycles. The smallest absolute Gasteiger partial charge is 0.223 e. The van der Waals surface area contributed by atoms with Gasteiger partial charge in [-0.1, -0.05) is 30.3 Å². The second-order valence-electron chi connectivity index (χ2n) is 6.51. The molecule has 1 aliphatic rings. The Kier molecular flexibility index (Phi) is 5.15. The van der Waals surface area contributed by atoms with Crippen LogP contribution in [0.15, 0.2) is 42.6 Å². The number of anilines is 1. The molecule has 0 radical (unpaired) electrons. The van der Waals surface area contributed by atoms with E-state index in [4.69, 9.17) is 0 Å². The zero-order valence-electron chi connectivity index (χ0n) is 14.3. The Labute approximate surface area is 142 Å². The second-order valence-corrected chi connectivity index (χ2v) is 6.51. The Morgan fingerprint density at radius 3 is 2.92 bits per heavy atom. The van der Waals surface area contributed by atoms with Crippen molar-refractivity contribution in [2.75, 3.05) is 32.5 Å². The van der Waals surface area contributed by atoms with E-state index in [1.165, 1.54) is 0 Å². The Balaban J connectivity index is 1.63. The van der Waals surface area contributed by atoms with Crippen LogP contribution < -0.4 is 10.6 Å². The van der Waals surface area contributed by atoms with E-state index in [0.29, 0.717) is 12.3 Å². The lowest BCUT2D eigenvalue weighted by Crippen LogP contribution is -2.38. The highest BCUT2D eigenvalue weighted by Gasteiger charge is 2.21. The van der Waals surface area contributed by atoms with Crippen LogP contribution in [0.3, 0.4) is 0 Å². The van der Waals surface area contributed by atoms with E-state index in [-0.39, 0.29) is 11.9 Å². The molecule has 24 heavy (non-hydrogen) atoms. The first-order valence-electron chi connectivity index (χ1n) is 8.37. The van der Waals surface area contributed by atoms with Gasteiger partial charge in [-0.2, -0.15) is 5.10 Å². The average molecular weight is 327 g/mol. The molecule has 128 valence electrons. The fraction of sp³-hybridized carbons (Fsp3) is 0.444. The number of aromatic nitrogens is 2. The van der Waals surface area contributed by atoms with Gasteiger partial charge in [0.05, 0.1) is 6.20 Å². The van der Waals surface area contributed by atoms with E-state index in [1.807, 2.05) is 35.1 Å². The van der Waals surface area contributed by atoms with E-state index < -0.39 is 0 Å². The fourth-order valence-electron chi connectivity index (χ4n) is 2.98. The van der Waals surface area contributed by atoms with Gasteiger partial charge in [-0.05, 0) is 5.56 Å². The van der Waals surface area contributed by atoms with Gasteiger partial charge in [0.15, 0.2) is 0 Å². The zero-order chi connectivity index (χ0) is 16.9. The van der Waals surface area contributed by atoms with Crippen molar-refractivity contribution >= 4 is 11.7 Å². The van der Waals surface area contributed by atoms with E-state index in [2.05, 4.69) is 27.9 Å². The van der Waals surface area contributed by atoms with E-state index >= 15 is 0 Å². The molecule has 0 fully saturated rings. The van der Waals surface area contributed by atoms with E-state index in [9.17, 15) is 4.79 Å². The summed E-state index contributed by atoms with van der Waals surface area (Å²) in [4.78, 5) is 13.8. The van der Waals surface area contributed by atoms with Gasteiger partial charge in [-0.25, -0.2) is 4.68 Å². The highest BCUT2D eigenvalue weighted by atomic mass is 16.2. The SMILES string of the molecule is CN(C)C(=O)C[C@H](NC[C@@H]1CNc2ccnn2C1)c1ccccc1. The fourth-order valence-corrected chi connectivity index (χ4v) is 2.98. The number of amides is 1. The third kappa shape index (κ3) is 3.94. The predicted octanol–water partition coefficient (Wildman–Crippen LogP) is 1.73. The number of nitrogens with one attached hydrogen (secondary N) is 2. The first kappa shape index (κ1) is 16.5. The molecule has 1 aliphatic heterocycles. The van der Waals surface area contributed by atoms with Crippen LogP contribution in [0.1, 0.15) is 18.0 Å². The van der Waals surface area contributed by atoms with Crippen molar-refractivity contribution in [2.45, 2.75) is 19.0 Å². The number of fused-ring (bicyclic) bond motifs is 1. The van der Waals surface area contributed by atoms with Gasteiger partial charge < -0.3 is 15.5 Å². The molecule has 6 heteroatoms. The molecule has 6 nitrogen and oxygen atoms in total. The van der Waals surface area contributed by atoms with Crippen molar-refractivity contribution in [3.05, 3.63) is 48.2 Å². The Bertz CT molecular complexity index is 667. The normalized spacial score (nSPS) is 17.7. The predicted molar refractivity (Wildman–Crippen MR) is 94.7 cm³/mol. The maximum atomic E-state index is 12.2. The number of carbonyl (C=O) groups is 1. The maximum Gasteiger partial charge on any atom is 0.223 e. The summed E-state index contributed by atoms with van der Waals surface area (Å²) in [7, 11) is 3.60. The van der Waals surface area contributed by atoms with Crippen molar-refractivity contribution in [1.82, 2.24) is 20.0 Å². The summed E-state index contributed by atoms with van der Waals surface area (Å²) in [5, 5.41) is 11.3. The molecule has 0 saturated heterocycles. The number of carbonyl (C=O) groups excluding carboxylic acids is 1. The Morgan fingerprint density at radius 2 is 2.17 bits per heavy atom. The largest absolute Gasteiger partial charge is 0.370 e. The van der Waals surface area contributed by atoms with Crippen LogP contribution >= 0.6 is 0 Å². The third-order valence-electron chi connectivity index (χ3n) is 4.45. The molecular weight excluding hydrogens is 302 g/mol. The van der Waals surface area contributed by atoms with Gasteiger partial charge in [0.25, 0.3) is 0 Å². The molecule has 0 spiro atoms. The summed E-state index contributed by atoms with van der Waals surface area (Å²) in [5.41, 5.74) is 1.15. The van der Waals surface area contributed by atoms with Crippen LogP contribution in [0.5, 0.6) is 0 Å². The van der Waals surface area contributed by atoms with Crippen molar-refractivity contribution in [3.8, 4) is 0 Å². The lowest BCUT2D eigenvalue weighted by atomic mass is 10.0. The average Bonchev–Trinajstić information content (AvgIpc) is 3.06. The van der Waals surface area contributed by atoms with Gasteiger partial charge >= 0.3 is 0 Å². The van der Waals surface area contributed by atoms with Crippen LogP contribution in [0.25, 0.3) is 0 Å². The minimum atomic E-state index is 0.0279. The minimum absolute atomic E-state index is 0.0279. The number of benzene rings is 1. The summed E-state index contributed by atoms with van der Waals surface area (Å²) in [6, 6.07) is 12.2. The van der Waals surface area contributed by atoms with Crippen molar-refractivity contribution in [3.63, 3.8) is 0 Å². The summed E-state index contributed by atoms with van der Waals surface area (Å²) in [5.74, 6) is 1.65. The molecule has 1 aromatic carbocycles. The number of hydrogen-bond donors (Lipinski definition) is 2. The third-order valence-corrected chi connectivity index (χ3v) is 4.45. The number of rotatable bonds is 6. The molecule has 0 saturated carbocycles. The first-order valence-corrected chi connectivity index (χ1v) is 8.37. The Morgan fingerprint density at radius 1 is 1.38 bits per heavy atom. The van der Waals surface area contributed by atoms with Gasteiger partial charge in [0, 0.05) is 58.2 Å². The van der Waals surface area contributed by atoms with Crippen LogP contribution in [-0.4, -0.2) is 47.8 Å². The number of hydrogen-bond acceptors (Lipinski definition) is 4. The lowest BCUT2D eigenvalue weighted by Gasteiger charge is -2.28. The molecule has 2 heterocycles. The van der Waals surface area contributed by atoms with Crippen molar-refractivity contribution in [2.24, 2.45) is 5.92 Å². The summed E-state index contributed by atoms with van der Waals surface area (Å²) in [6.07, 6.45) is 2.28. The van der Waals surface area contributed by atoms with Gasteiger partial charge in [0.1, 0.15) is 5.82 Å². The van der Waals surface area contributed by atoms with Gasteiger partial charge in [0.2, 0.25) is 5.91 Å². The molecule has 1 amide bonds. The van der Waals surface area contributed by atoms with Crippen LogP contribution in [0.2, 0.25) is 0 Å². The standard InChI is InChI=1S/C18H25N5O/c1-22(2)18(24)10-16(15-6-4-3-5-7-15)19-11-14-12-20-17-8-9-21-23(17)13-14/h3-9,14,16,19-20H,10-13H2,1-2H3/t14-,16+/m1/s1. The first-order chi connectivity index (χ1) is 11.6. The maximum absolute atomic E-state index is 12.2. The monoisotopic (exact) mass is 327 g/mol. The molecule has 2 atom stereocenters. The van der Waals surface area contributed by atoms with Crippen LogP contribution in [0, 0.1) is 5.92 Å². The summed E-state index contributed by atoms with van der Waals surface area (Å²) < 4.78 is 2.00. The second kappa shape index (κ2) is 7.49. The molecule has 0 unspecified atom stereocenters. The highest BCUT2D eigenvalue weighted by molar-refractivity contribution is 5.76. The zero-order valence-corrected chi connectivity index (χ0v) is 14.3. The summed E-state index contributed by atoms with van der Waals surface area (Å²) in [6.45, 7) is 2.65. The van der Waals surface area contributed by atoms with Crippen molar-refractivity contribution < 1.29 is 4.79 Å². The van der Waals surface area contributed by atoms with Crippen LogP contribution in [-0.2, 0) is 11.3 Å².